The summed E-state index contributed by atoms with van der Waals surface area (Å²) in [7, 11) is 0. The van der Waals surface area contributed by atoms with E-state index in [9.17, 15) is 0 Å². The Labute approximate surface area is 203 Å². The van der Waals surface area contributed by atoms with E-state index in [1.807, 2.05) is 6.07 Å². The van der Waals surface area contributed by atoms with Crippen molar-refractivity contribution in [2.24, 2.45) is 0 Å². The standard InChI is InChI=1S/2C9H11.C8H8.2ClH.Hf/c2*1-2-5-9-7-3-6-8(9)4-1;1-2-8-6-4-3-5-7-8;;;/h2*3,6-7H,1-2,4-5H2;3-7H,1H3;2*1H;/q2*-1;;;;+2/p-2. The van der Waals surface area contributed by atoms with Crippen LogP contribution in [0, 0.1) is 0 Å². The van der Waals surface area contributed by atoms with Crippen molar-refractivity contribution in [2.45, 2.75) is 58.3 Å². The molecule has 0 aromatic heterocycles. The molecule has 2 aliphatic rings. The number of fused-ring (bicyclic) bond motifs is 2. The predicted octanol–water partition coefficient (Wildman–Crippen LogP) is 0.350. The minimum absolute atomic E-state index is 0. The molecule has 0 saturated heterocycles. The third kappa shape index (κ3) is 8.48. The van der Waals surface area contributed by atoms with Gasteiger partial charge in [0.15, 0.2) is 0 Å². The molecule has 0 aliphatic heterocycles. The zero-order valence-electron chi connectivity index (χ0n) is 17.3. The monoisotopic (exact) mass is 592 g/mol. The van der Waals surface area contributed by atoms with Gasteiger partial charge in [-0.25, -0.2) is 12.1 Å². The average Bonchev–Trinajstić information content (AvgIpc) is 3.39. The number of rotatable bonds is 1. The number of aryl methyl sites for hydroxylation is 4. The molecule has 0 atom stereocenters. The Morgan fingerprint density at radius 1 is 0.690 bits per heavy atom. The molecule has 0 amide bonds. The summed E-state index contributed by atoms with van der Waals surface area (Å²) in [4.78, 5) is 0. The number of hydrogen-bond acceptors (Lipinski definition) is 0. The second-order valence-electron chi connectivity index (χ2n) is 7.56. The van der Waals surface area contributed by atoms with Crippen LogP contribution in [0.25, 0.3) is 0 Å². The van der Waals surface area contributed by atoms with E-state index in [0.717, 1.165) is 0 Å². The Hall–Kier alpha value is -0.760. The summed E-state index contributed by atoms with van der Waals surface area (Å²) >= 11 is 1.17. The minimum Gasteiger partial charge on any atom is -1.00 e. The molecule has 5 rings (SSSR count). The molecule has 0 N–H and O–H groups in total. The molecule has 3 heteroatoms. The smallest absolute Gasteiger partial charge is 0.0512 e. The van der Waals surface area contributed by atoms with E-state index >= 15 is 0 Å². The quantitative estimate of drug-likeness (QED) is 0.283. The van der Waals surface area contributed by atoms with Crippen molar-refractivity contribution in [3.8, 4) is 0 Å². The summed E-state index contributed by atoms with van der Waals surface area (Å²) in [5.74, 6) is 0. The molecule has 154 valence electrons. The van der Waals surface area contributed by atoms with Crippen LogP contribution in [0.2, 0.25) is 0 Å². The third-order valence-electron chi connectivity index (χ3n) is 5.51. The van der Waals surface area contributed by atoms with Crippen molar-refractivity contribution in [3.63, 3.8) is 0 Å². The second kappa shape index (κ2) is 14.3. The molecule has 0 unspecified atom stereocenters. The Morgan fingerprint density at radius 3 is 1.52 bits per heavy atom. The minimum atomic E-state index is 0. The molecule has 29 heavy (non-hydrogen) atoms. The van der Waals surface area contributed by atoms with Gasteiger partial charge in [0, 0.05) is 0 Å². The van der Waals surface area contributed by atoms with Gasteiger partial charge in [0.05, 0.1) is 0 Å². The first-order valence-corrected chi connectivity index (χ1v) is 12.1. The van der Waals surface area contributed by atoms with Gasteiger partial charge in [-0.1, -0.05) is 51.4 Å². The Kier molecular flexibility index (Phi) is 12.9. The van der Waals surface area contributed by atoms with Crippen LogP contribution in [0.5, 0.6) is 0 Å². The van der Waals surface area contributed by atoms with Gasteiger partial charge in [0.2, 0.25) is 0 Å². The molecule has 0 radical (unpaired) electrons. The van der Waals surface area contributed by atoms with E-state index in [1.54, 1.807) is 22.3 Å². The van der Waals surface area contributed by atoms with Gasteiger partial charge >= 0.3 is 70.0 Å². The van der Waals surface area contributed by atoms with E-state index in [0.29, 0.717) is 0 Å². The molecule has 3 aromatic carbocycles. The Balaban J connectivity index is 0.000000210. The van der Waals surface area contributed by atoms with Crippen LogP contribution in [0.3, 0.4) is 0 Å². The molecule has 0 nitrogen and oxygen atoms in total. The first kappa shape index (κ1) is 26.3. The van der Waals surface area contributed by atoms with Gasteiger partial charge in [-0.3, -0.25) is 0 Å². The molecular formula is C26H30Cl2Hf-2. The Bertz CT molecular complexity index is 742. The van der Waals surface area contributed by atoms with Crippen molar-refractivity contribution >= 4 is 3.26 Å². The Morgan fingerprint density at radius 2 is 1.14 bits per heavy atom. The summed E-state index contributed by atoms with van der Waals surface area (Å²) in [6, 6.07) is 23.9. The zero-order valence-corrected chi connectivity index (χ0v) is 22.4. The molecule has 0 bridgehead atoms. The van der Waals surface area contributed by atoms with Crippen LogP contribution >= 0.6 is 0 Å². The normalized spacial score (nSPS) is 13.6. The summed E-state index contributed by atoms with van der Waals surface area (Å²) in [6.45, 7) is 2.18. The third-order valence-corrected chi connectivity index (χ3v) is 6.54. The maximum absolute atomic E-state index is 2.26. The first-order chi connectivity index (χ1) is 13.2. The summed E-state index contributed by atoms with van der Waals surface area (Å²) < 4.78 is 1.51. The average molecular weight is 592 g/mol. The number of halogens is 2. The summed E-state index contributed by atoms with van der Waals surface area (Å²) in [5, 5.41) is 0. The van der Waals surface area contributed by atoms with E-state index in [1.165, 1.54) is 84.1 Å². The SMILES string of the molecule is C[C](=[Hf+2])c1ccccc1.[Cl-].[Cl-].c1cc2c([cH-]1)CCCC2.c1cc2c([cH-]1)CCCC2. The van der Waals surface area contributed by atoms with Crippen molar-refractivity contribution in [1.29, 1.82) is 0 Å². The molecule has 0 fully saturated rings. The van der Waals surface area contributed by atoms with Crippen molar-refractivity contribution in [1.82, 2.24) is 0 Å². The van der Waals surface area contributed by atoms with Gasteiger partial charge in [0.1, 0.15) is 0 Å². The van der Waals surface area contributed by atoms with Crippen LogP contribution in [0.1, 0.15) is 60.4 Å². The maximum Gasteiger partial charge on any atom is -0.0512 e. The van der Waals surface area contributed by atoms with Gasteiger partial charge in [-0.05, 0) is 0 Å². The summed E-state index contributed by atoms with van der Waals surface area (Å²) in [5.41, 5.74) is 7.79. The van der Waals surface area contributed by atoms with Crippen LogP contribution in [-0.2, 0) is 49.6 Å². The first-order valence-electron chi connectivity index (χ1n) is 10.3. The molecule has 2 aliphatic carbocycles. The van der Waals surface area contributed by atoms with Crippen molar-refractivity contribution in [3.05, 3.63) is 94.5 Å². The fourth-order valence-corrected chi connectivity index (χ4v) is 4.51. The topological polar surface area (TPSA) is 0 Å². The molecule has 0 spiro atoms. The number of hydrogen-bond donors (Lipinski definition) is 0. The maximum atomic E-state index is 2.26. The van der Waals surface area contributed by atoms with Crippen LogP contribution in [-0.4, -0.2) is 3.26 Å². The van der Waals surface area contributed by atoms with Gasteiger partial charge < -0.3 is 24.8 Å². The molecule has 3 aromatic rings. The second-order valence-corrected chi connectivity index (χ2v) is 10.3. The molecular weight excluding hydrogens is 562 g/mol. The zero-order chi connectivity index (χ0) is 18.9. The van der Waals surface area contributed by atoms with E-state index < -0.39 is 0 Å². The van der Waals surface area contributed by atoms with E-state index in [4.69, 9.17) is 0 Å². The van der Waals surface area contributed by atoms with Gasteiger partial charge in [0.25, 0.3) is 0 Å². The van der Waals surface area contributed by atoms with Gasteiger partial charge in [-0.2, -0.15) is 46.5 Å². The van der Waals surface area contributed by atoms with E-state index in [-0.39, 0.29) is 24.8 Å². The number of benzene rings is 1. The predicted molar refractivity (Wildman–Crippen MR) is 114 cm³/mol. The largest absolute Gasteiger partial charge is 1.00 e. The van der Waals surface area contributed by atoms with Crippen molar-refractivity contribution in [2.75, 3.05) is 0 Å². The molecule has 0 saturated carbocycles. The van der Waals surface area contributed by atoms with Crippen LogP contribution < -0.4 is 24.8 Å². The molecule has 0 heterocycles. The van der Waals surface area contributed by atoms with Gasteiger partial charge in [-0.15, -0.1) is 0 Å². The van der Waals surface area contributed by atoms with Crippen LogP contribution in [0.15, 0.2) is 66.7 Å². The fourth-order valence-electron chi connectivity index (χ4n) is 3.91. The van der Waals surface area contributed by atoms with Crippen LogP contribution in [0.4, 0.5) is 0 Å². The van der Waals surface area contributed by atoms with Crippen molar-refractivity contribution < 1.29 is 48.7 Å². The fraction of sp³-hybridized carbons (Fsp3) is 0.346. The van der Waals surface area contributed by atoms with E-state index in [2.05, 4.69) is 67.6 Å². The summed E-state index contributed by atoms with van der Waals surface area (Å²) in [6.07, 6.45) is 10.9.